The molecule has 1 N–H and O–H groups in total. The topological polar surface area (TPSA) is 67.3 Å². The van der Waals surface area contributed by atoms with Crippen LogP contribution in [0.5, 0.6) is 5.75 Å². The molecule has 3 rings (SSSR count). The number of benzene rings is 1. The summed E-state index contributed by atoms with van der Waals surface area (Å²) in [5.41, 5.74) is 0.558. The number of fused-ring (bicyclic) bond motifs is 1. The predicted molar refractivity (Wildman–Crippen MR) is 86.2 cm³/mol. The summed E-state index contributed by atoms with van der Waals surface area (Å²) in [5, 5.41) is 2.69. The Morgan fingerprint density at radius 3 is 3.00 bits per heavy atom. The average Bonchev–Trinajstić information content (AvgIpc) is 2.79. The minimum absolute atomic E-state index is 0.0227. The van der Waals surface area contributed by atoms with E-state index in [2.05, 4.69) is 15.3 Å². The van der Waals surface area contributed by atoms with Gasteiger partial charge in [-0.1, -0.05) is 18.2 Å². The molecule has 1 aliphatic heterocycles. The fourth-order valence-electron chi connectivity index (χ4n) is 2.56. The fourth-order valence-corrected chi connectivity index (χ4v) is 2.56. The van der Waals surface area contributed by atoms with Crippen LogP contribution < -0.4 is 10.1 Å². The molecule has 6 nitrogen and oxygen atoms in total. The Labute approximate surface area is 143 Å². The summed E-state index contributed by atoms with van der Waals surface area (Å²) in [6.45, 7) is 2.65. The highest BCUT2D eigenvalue weighted by atomic mass is 19.3. The molecule has 2 heterocycles. The third-order valence-electron chi connectivity index (χ3n) is 3.93. The number of halogens is 2. The number of hydrogen-bond acceptors (Lipinski definition) is 4. The predicted octanol–water partition coefficient (Wildman–Crippen LogP) is 2.91. The van der Waals surface area contributed by atoms with Gasteiger partial charge < -0.3 is 15.0 Å². The van der Waals surface area contributed by atoms with Crippen LogP contribution in [-0.4, -0.2) is 33.5 Å². The zero-order valence-corrected chi connectivity index (χ0v) is 13.7. The molecule has 0 aliphatic carbocycles. The van der Waals surface area contributed by atoms with E-state index in [4.69, 9.17) is 4.74 Å². The lowest BCUT2D eigenvalue weighted by molar-refractivity contribution is 0.145. The monoisotopic (exact) mass is 348 g/mol. The first kappa shape index (κ1) is 17.1. The van der Waals surface area contributed by atoms with Gasteiger partial charge in [0.25, 0.3) is 6.43 Å². The molecule has 0 saturated heterocycles. The number of carbonyl (C=O) groups is 1. The molecule has 0 radical (unpaired) electrons. The number of rotatable bonds is 3. The number of carbonyl (C=O) groups excluding carboxylic acids is 1. The summed E-state index contributed by atoms with van der Waals surface area (Å²) in [6, 6.07) is 8.24. The van der Waals surface area contributed by atoms with E-state index >= 15 is 0 Å². The van der Waals surface area contributed by atoms with Gasteiger partial charge in [-0.05, 0) is 19.1 Å². The van der Waals surface area contributed by atoms with Crippen LogP contribution in [0.3, 0.4) is 0 Å². The van der Waals surface area contributed by atoms with Gasteiger partial charge in [0.05, 0.1) is 19.1 Å². The van der Waals surface area contributed by atoms with E-state index in [1.807, 2.05) is 31.2 Å². The minimum Gasteiger partial charge on any atom is -0.491 e. The van der Waals surface area contributed by atoms with Gasteiger partial charge in [-0.15, -0.1) is 0 Å². The van der Waals surface area contributed by atoms with E-state index in [9.17, 15) is 13.6 Å². The molecule has 1 aliphatic rings. The van der Waals surface area contributed by atoms with Gasteiger partial charge in [-0.2, -0.15) is 0 Å². The standard InChI is InChI=1S/C17H18F2N4O2/c1-11-10-25-14-5-3-2-4-12(14)9-23(11)17(24)21-8-15-20-7-6-13(22-15)16(18)19/h2-7,11,16H,8-10H2,1H3,(H,21,24). The van der Waals surface area contributed by atoms with Crippen molar-refractivity contribution in [2.45, 2.75) is 32.5 Å². The van der Waals surface area contributed by atoms with Gasteiger partial charge in [-0.3, -0.25) is 0 Å². The second-order valence-electron chi connectivity index (χ2n) is 5.75. The molecule has 2 aromatic rings. The first-order valence-electron chi connectivity index (χ1n) is 7.89. The Morgan fingerprint density at radius 1 is 1.40 bits per heavy atom. The van der Waals surface area contributed by atoms with Gasteiger partial charge >= 0.3 is 6.03 Å². The van der Waals surface area contributed by atoms with Gasteiger partial charge in [0.1, 0.15) is 23.9 Å². The summed E-state index contributed by atoms with van der Waals surface area (Å²) in [5.74, 6) is 0.905. The molecule has 8 heteroatoms. The maximum absolute atomic E-state index is 12.7. The number of para-hydroxylation sites is 1. The Bertz CT molecular complexity index is 757. The first-order chi connectivity index (χ1) is 12.0. The van der Waals surface area contributed by atoms with Crippen LogP contribution >= 0.6 is 0 Å². The lowest BCUT2D eigenvalue weighted by Gasteiger charge is -2.26. The molecule has 2 amide bonds. The van der Waals surface area contributed by atoms with Crippen molar-refractivity contribution in [1.82, 2.24) is 20.2 Å². The van der Waals surface area contributed by atoms with Crippen molar-refractivity contribution in [2.75, 3.05) is 6.61 Å². The molecule has 1 aromatic carbocycles. The van der Waals surface area contributed by atoms with Crippen molar-refractivity contribution in [2.24, 2.45) is 0 Å². The smallest absolute Gasteiger partial charge is 0.318 e. The average molecular weight is 348 g/mol. The second-order valence-corrected chi connectivity index (χ2v) is 5.75. The highest BCUT2D eigenvalue weighted by Crippen LogP contribution is 2.24. The van der Waals surface area contributed by atoms with Crippen molar-refractivity contribution in [3.8, 4) is 5.75 Å². The van der Waals surface area contributed by atoms with Crippen LogP contribution in [0, 0.1) is 0 Å². The molecule has 0 spiro atoms. The molecule has 132 valence electrons. The molecule has 25 heavy (non-hydrogen) atoms. The summed E-state index contributed by atoms with van der Waals surface area (Å²) in [7, 11) is 0. The van der Waals surface area contributed by atoms with E-state index in [0.717, 1.165) is 17.4 Å². The third kappa shape index (κ3) is 4.01. The molecular formula is C17H18F2N4O2. The Hall–Kier alpha value is -2.77. The zero-order chi connectivity index (χ0) is 17.8. The Kier molecular flexibility index (Phi) is 5.06. The van der Waals surface area contributed by atoms with Crippen molar-refractivity contribution in [3.63, 3.8) is 0 Å². The maximum atomic E-state index is 12.7. The molecule has 0 bridgehead atoms. The maximum Gasteiger partial charge on any atom is 0.318 e. The number of amides is 2. The molecule has 0 fully saturated rings. The summed E-state index contributed by atoms with van der Waals surface area (Å²) in [6.07, 6.45) is -1.41. The molecule has 0 saturated carbocycles. The highest BCUT2D eigenvalue weighted by Gasteiger charge is 2.25. The highest BCUT2D eigenvalue weighted by molar-refractivity contribution is 5.74. The number of alkyl halides is 2. The number of ether oxygens (including phenoxy) is 1. The van der Waals surface area contributed by atoms with E-state index < -0.39 is 6.43 Å². The SMILES string of the molecule is CC1COc2ccccc2CN1C(=O)NCc1nccc(C(F)F)n1. The third-order valence-corrected chi connectivity index (χ3v) is 3.93. The van der Waals surface area contributed by atoms with E-state index in [-0.39, 0.29) is 30.1 Å². The van der Waals surface area contributed by atoms with Crippen molar-refractivity contribution in [1.29, 1.82) is 0 Å². The van der Waals surface area contributed by atoms with Gasteiger partial charge in [0.2, 0.25) is 0 Å². The van der Waals surface area contributed by atoms with E-state index in [1.165, 1.54) is 6.20 Å². The Morgan fingerprint density at radius 2 is 2.20 bits per heavy atom. The normalized spacial score (nSPS) is 16.8. The molecular weight excluding hydrogens is 330 g/mol. The number of nitrogens with one attached hydrogen (secondary N) is 1. The van der Waals surface area contributed by atoms with Crippen LogP contribution in [-0.2, 0) is 13.1 Å². The van der Waals surface area contributed by atoms with Gasteiger partial charge in [0, 0.05) is 11.8 Å². The lowest BCUT2D eigenvalue weighted by atomic mass is 10.2. The van der Waals surface area contributed by atoms with E-state index in [1.54, 1.807) is 4.90 Å². The number of urea groups is 1. The summed E-state index contributed by atoms with van der Waals surface area (Å²) < 4.78 is 31.1. The van der Waals surface area contributed by atoms with Crippen molar-refractivity contribution < 1.29 is 18.3 Å². The van der Waals surface area contributed by atoms with E-state index in [0.29, 0.717) is 13.2 Å². The molecule has 1 atom stereocenters. The zero-order valence-electron chi connectivity index (χ0n) is 13.7. The quantitative estimate of drug-likeness (QED) is 0.926. The first-order valence-corrected chi connectivity index (χ1v) is 7.89. The Balaban J connectivity index is 1.67. The fraction of sp³-hybridized carbons (Fsp3) is 0.353. The summed E-state index contributed by atoms with van der Waals surface area (Å²) in [4.78, 5) is 21.8. The van der Waals surface area contributed by atoms with Crippen LogP contribution in [0.15, 0.2) is 36.5 Å². The van der Waals surface area contributed by atoms with Crippen LogP contribution in [0.25, 0.3) is 0 Å². The van der Waals surface area contributed by atoms with Crippen LogP contribution in [0.2, 0.25) is 0 Å². The lowest BCUT2D eigenvalue weighted by Crippen LogP contribution is -2.45. The molecule has 1 aromatic heterocycles. The number of nitrogens with zero attached hydrogens (tertiary/aromatic N) is 3. The van der Waals surface area contributed by atoms with Crippen LogP contribution in [0.4, 0.5) is 13.6 Å². The van der Waals surface area contributed by atoms with Crippen LogP contribution in [0.1, 0.15) is 30.4 Å². The van der Waals surface area contributed by atoms with Crippen molar-refractivity contribution in [3.05, 3.63) is 53.6 Å². The second kappa shape index (κ2) is 7.42. The largest absolute Gasteiger partial charge is 0.491 e. The van der Waals surface area contributed by atoms with Gasteiger partial charge in [-0.25, -0.2) is 23.5 Å². The summed E-state index contributed by atoms with van der Waals surface area (Å²) >= 11 is 0. The number of aromatic nitrogens is 2. The van der Waals surface area contributed by atoms with Crippen molar-refractivity contribution >= 4 is 6.03 Å². The van der Waals surface area contributed by atoms with Gasteiger partial charge in [0.15, 0.2) is 0 Å². The molecule has 1 unspecified atom stereocenters. The number of hydrogen-bond donors (Lipinski definition) is 1. The minimum atomic E-state index is -2.67.